The SMILES string of the molecule is Bc1cnn2c(NCCCN(C)C(=O)[C@@H]3C[C@H]3c3ccccc3)cc(-c3ccccc3O)nc12. The largest absolute Gasteiger partial charge is 0.507 e. The van der Waals surface area contributed by atoms with Crippen molar-refractivity contribution in [2.75, 3.05) is 25.5 Å². The molecule has 2 heterocycles. The van der Waals surface area contributed by atoms with Crippen LogP contribution in [0.15, 0.2) is 66.9 Å². The van der Waals surface area contributed by atoms with Crippen LogP contribution in [0.5, 0.6) is 5.75 Å². The highest BCUT2D eigenvalue weighted by Crippen LogP contribution is 2.48. The van der Waals surface area contributed by atoms with Crippen LogP contribution in [0.4, 0.5) is 5.82 Å². The van der Waals surface area contributed by atoms with Gasteiger partial charge in [0.15, 0.2) is 5.65 Å². The number of nitrogens with zero attached hydrogens (tertiary/aromatic N) is 4. The fourth-order valence-electron chi connectivity index (χ4n) is 4.49. The van der Waals surface area contributed by atoms with Gasteiger partial charge in [-0.05, 0) is 41.9 Å². The first-order chi connectivity index (χ1) is 16.5. The topological polar surface area (TPSA) is 82.8 Å². The summed E-state index contributed by atoms with van der Waals surface area (Å²) in [7, 11) is 3.86. The minimum Gasteiger partial charge on any atom is -0.507 e. The molecule has 2 aromatic carbocycles. The Hall–Kier alpha value is -3.81. The zero-order valence-electron chi connectivity index (χ0n) is 19.5. The average molecular weight is 453 g/mol. The van der Waals surface area contributed by atoms with E-state index in [1.54, 1.807) is 22.8 Å². The van der Waals surface area contributed by atoms with Crippen molar-refractivity contribution in [2.24, 2.45) is 5.92 Å². The molecule has 1 fully saturated rings. The van der Waals surface area contributed by atoms with Gasteiger partial charge in [-0.1, -0.05) is 42.5 Å². The average Bonchev–Trinajstić information content (AvgIpc) is 3.58. The summed E-state index contributed by atoms with van der Waals surface area (Å²) in [6, 6.07) is 19.4. The van der Waals surface area contributed by atoms with Crippen molar-refractivity contribution in [3.63, 3.8) is 0 Å². The lowest BCUT2D eigenvalue weighted by molar-refractivity contribution is -0.131. The van der Waals surface area contributed by atoms with E-state index in [2.05, 4.69) is 22.5 Å². The molecule has 1 aliphatic carbocycles. The Morgan fingerprint density at radius 2 is 1.97 bits per heavy atom. The van der Waals surface area contributed by atoms with Crippen LogP contribution in [0.3, 0.4) is 0 Å². The number of hydrogen-bond acceptors (Lipinski definition) is 5. The third-order valence-corrected chi connectivity index (χ3v) is 6.52. The molecule has 7 nitrogen and oxygen atoms in total. The number of aromatic hydroxyl groups is 1. The van der Waals surface area contributed by atoms with E-state index in [1.807, 2.05) is 56.2 Å². The van der Waals surface area contributed by atoms with E-state index >= 15 is 0 Å². The number of hydrogen-bond donors (Lipinski definition) is 2. The molecule has 4 aromatic rings. The number of rotatable bonds is 8. The van der Waals surface area contributed by atoms with Crippen molar-refractivity contribution >= 4 is 30.7 Å². The number of nitrogens with one attached hydrogen (secondary N) is 1. The fourth-order valence-corrected chi connectivity index (χ4v) is 4.49. The van der Waals surface area contributed by atoms with Gasteiger partial charge in [-0.2, -0.15) is 9.61 Å². The minimum atomic E-state index is 0.105. The van der Waals surface area contributed by atoms with Crippen LogP contribution in [0.2, 0.25) is 0 Å². The highest BCUT2D eigenvalue weighted by atomic mass is 16.3. The van der Waals surface area contributed by atoms with Crippen LogP contribution < -0.4 is 10.8 Å². The molecule has 172 valence electrons. The first-order valence-corrected chi connectivity index (χ1v) is 11.7. The summed E-state index contributed by atoms with van der Waals surface area (Å²) in [6.07, 6.45) is 3.53. The quantitative estimate of drug-likeness (QED) is 0.316. The zero-order valence-corrected chi connectivity index (χ0v) is 19.5. The van der Waals surface area contributed by atoms with Gasteiger partial charge in [-0.15, -0.1) is 0 Å². The second kappa shape index (κ2) is 9.21. The summed E-state index contributed by atoms with van der Waals surface area (Å²) >= 11 is 0. The van der Waals surface area contributed by atoms with E-state index in [4.69, 9.17) is 4.98 Å². The highest BCUT2D eigenvalue weighted by molar-refractivity contribution is 6.36. The first-order valence-electron chi connectivity index (χ1n) is 11.7. The molecule has 0 bridgehead atoms. The summed E-state index contributed by atoms with van der Waals surface area (Å²) in [6.45, 7) is 1.37. The molecule has 0 saturated heterocycles. The molecule has 8 heteroatoms. The molecule has 2 N–H and O–H groups in total. The number of aromatic nitrogens is 3. The maximum absolute atomic E-state index is 12.8. The van der Waals surface area contributed by atoms with E-state index in [0.29, 0.717) is 30.3 Å². The van der Waals surface area contributed by atoms with Crippen molar-refractivity contribution in [2.45, 2.75) is 18.8 Å². The van der Waals surface area contributed by atoms with Gasteiger partial charge in [0.1, 0.15) is 19.4 Å². The number of amides is 1. The molecular weight excluding hydrogens is 425 g/mol. The molecule has 0 radical (unpaired) electrons. The summed E-state index contributed by atoms with van der Waals surface area (Å²) in [5, 5.41) is 18.2. The van der Waals surface area contributed by atoms with Gasteiger partial charge in [0.05, 0.1) is 5.69 Å². The Balaban J connectivity index is 1.22. The van der Waals surface area contributed by atoms with Crippen molar-refractivity contribution in [1.82, 2.24) is 19.5 Å². The van der Waals surface area contributed by atoms with Crippen LogP contribution in [0, 0.1) is 5.92 Å². The smallest absolute Gasteiger partial charge is 0.226 e. The normalized spacial score (nSPS) is 17.0. The van der Waals surface area contributed by atoms with Crippen LogP contribution in [0.1, 0.15) is 24.3 Å². The number of phenolic OH excluding ortho intramolecular Hbond substituents is 1. The molecule has 5 rings (SSSR count). The van der Waals surface area contributed by atoms with Gasteiger partial charge in [0.2, 0.25) is 5.91 Å². The molecular formula is C26H28BN5O2. The lowest BCUT2D eigenvalue weighted by Crippen LogP contribution is -2.30. The van der Waals surface area contributed by atoms with Crippen molar-refractivity contribution in [1.29, 1.82) is 0 Å². The maximum atomic E-state index is 12.8. The monoisotopic (exact) mass is 453 g/mol. The molecule has 2 aromatic heterocycles. The number of anilines is 1. The Bertz CT molecular complexity index is 1320. The van der Waals surface area contributed by atoms with Gasteiger partial charge in [0.25, 0.3) is 0 Å². The Morgan fingerprint density at radius 3 is 2.76 bits per heavy atom. The van der Waals surface area contributed by atoms with Crippen LogP contribution in [-0.4, -0.2) is 58.5 Å². The maximum Gasteiger partial charge on any atom is 0.226 e. The van der Waals surface area contributed by atoms with Gasteiger partial charge in [0, 0.05) is 43.9 Å². The third-order valence-electron chi connectivity index (χ3n) is 6.52. The Kier molecular flexibility index (Phi) is 5.96. The second-order valence-corrected chi connectivity index (χ2v) is 9.01. The molecule has 1 saturated carbocycles. The summed E-state index contributed by atoms with van der Waals surface area (Å²) in [4.78, 5) is 19.4. The van der Waals surface area contributed by atoms with E-state index in [-0.39, 0.29) is 17.6 Å². The summed E-state index contributed by atoms with van der Waals surface area (Å²) in [5.74, 6) is 1.68. The van der Waals surface area contributed by atoms with Crippen molar-refractivity contribution in [3.8, 4) is 17.0 Å². The molecule has 1 aliphatic rings. The number of carbonyl (C=O) groups is 1. The first kappa shape index (κ1) is 22.0. The van der Waals surface area contributed by atoms with Gasteiger partial charge in [-0.3, -0.25) is 4.79 Å². The standard InChI is InChI=1S/C26H28BN5O2/c1-31(26(34)20-14-19(20)17-8-3-2-4-9-17)13-7-12-28-24-15-22(18-10-5-6-11-23(18)33)30-25-21(27)16-29-32(24)25/h2-6,8-11,15-16,19-20,28,33H,7,12-14,27H2,1H3/t19-,20+/m0/s1. The zero-order chi connectivity index (χ0) is 23.7. The van der Waals surface area contributed by atoms with E-state index < -0.39 is 0 Å². The number of benzene rings is 2. The number of phenols is 1. The number of fused-ring (bicyclic) bond motifs is 1. The van der Waals surface area contributed by atoms with Crippen molar-refractivity contribution < 1.29 is 9.90 Å². The van der Waals surface area contributed by atoms with Crippen molar-refractivity contribution in [3.05, 3.63) is 72.4 Å². The summed E-state index contributed by atoms with van der Waals surface area (Å²) in [5.41, 5.74) is 4.33. The van der Waals surface area contributed by atoms with Gasteiger partial charge < -0.3 is 15.3 Å². The van der Waals surface area contributed by atoms with Gasteiger partial charge >= 0.3 is 0 Å². The lowest BCUT2D eigenvalue weighted by atomic mass is 10.0. The molecule has 0 aliphatic heterocycles. The molecule has 0 unspecified atom stereocenters. The Morgan fingerprint density at radius 1 is 1.21 bits per heavy atom. The van der Waals surface area contributed by atoms with Crippen LogP contribution in [0.25, 0.3) is 16.9 Å². The van der Waals surface area contributed by atoms with E-state index in [1.165, 1.54) is 5.56 Å². The predicted octanol–water partition coefficient (Wildman–Crippen LogP) is 2.42. The second-order valence-electron chi connectivity index (χ2n) is 9.01. The summed E-state index contributed by atoms with van der Waals surface area (Å²) < 4.78 is 1.78. The number of para-hydroxylation sites is 1. The molecule has 2 atom stereocenters. The number of carbonyl (C=O) groups excluding carboxylic acids is 1. The molecule has 34 heavy (non-hydrogen) atoms. The predicted molar refractivity (Wildman–Crippen MR) is 136 cm³/mol. The highest BCUT2D eigenvalue weighted by Gasteiger charge is 2.44. The Labute approximate surface area is 199 Å². The lowest BCUT2D eigenvalue weighted by Gasteiger charge is -2.18. The fraction of sp³-hybridized carbons (Fsp3) is 0.269. The molecule has 1 amide bonds. The third kappa shape index (κ3) is 4.36. The van der Waals surface area contributed by atoms with Crippen LogP contribution in [-0.2, 0) is 4.79 Å². The van der Waals surface area contributed by atoms with E-state index in [0.717, 1.165) is 29.8 Å². The molecule has 0 spiro atoms. The van der Waals surface area contributed by atoms with Crippen LogP contribution >= 0.6 is 0 Å². The van der Waals surface area contributed by atoms with Gasteiger partial charge in [-0.25, -0.2) is 4.98 Å². The van der Waals surface area contributed by atoms with E-state index in [9.17, 15) is 9.90 Å². The minimum absolute atomic E-state index is 0.105.